The minimum Gasteiger partial charge on any atom is -0.404 e. The lowest BCUT2D eigenvalue weighted by Crippen LogP contribution is -2.09. The minimum absolute atomic E-state index is 0.428. The Hall–Kier alpha value is -0.720. The molecule has 0 atom stereocenters. The molecule has 1 heteroatoms. The van der Waals surface area contributed by atoms with E-state index >= 15 is 0 Å². The average Bonchev–Trinajstić information content (AvgIpc) is 2.06. The predicted molar refractivity (Wildman–Crippen MR) is 55.8 cm³/mol. The zero-order valence-electron chi connectivity index (χ0n) is 8.56. The van der Waals surface area contributed by atoms with Crippen molar-refractivity contribution in [3.8, 4) is 0 Å². The highest BCUT2D eigenvalue weighted by atomic mass is 14.5. The van der Waals surface area contributed by atoms with Crippen molar-refractivity contribution in [1.29, 1.82) is 0 Å². The molecule has 0 bridgehead atoms. The van der Waals surface area contributed by atoms with Crippen LogP contribution in [0.2, 0.25) is 0 Å². The van der Waals surface area contributed by atoms with Crippen LogP contribution in [0, 0.1) is 5.41 Å². The summed E-state index contributed by atoms with van der Waals surface area (Å²) in [6, 6.07) is 0. The molecule has 0 aliphatic carbocycles. The Balaban J connectivity index is 3.89. The highest BCUT2D eigenvalue weighted by Crippen LogP contribution is 2.27. The Morgan fingerprint density at radius 3 is 2.42 bits per heavy atom. The fourth-order valence-electron chi connectivity index (χ4n) is 0.913. The number of hydrogen-bond acceptors (Lipinski definition) is 1. The normalized spacial score (nSPS) is 13.1. The van der Waals surface area contributed by atoms with Gasteiger partial charge in [0.1, 0.15) is 0 Å². The summed E-state index contributed by atoms with van der Waals surface area (Å²) in [5.74, 6) is 0. The highest BCUT2D eigenvalue weighted by molar-refractivity contribution is 5.14. The van der Waals surface area contributed by atoms with Crippen molar-refractivity contribution in [3.63, 3.8) is 0 Å². The van der Waals surface area contributed by atoms with Crippen molar-refractivity contribution < 1.29 is 0 Å². The van der Waals surface area contributed by atoms with Gasteiger partial charge in [-0.3, -0.25) is 0 Å². The molecule has 70 valence electrons. The van der Waals surface area contributed by atoms with Crippen molar-refractivity contribution in [2.75, 3.05) is 0 Å². The summed E-state index contributed by atoms with van der Waals surface area (Å²) in [5, 5.41) is 0. The summed E-state index contributed by atoms with van der Waals surface area (Å²) >= 11 is 0. The Morgan fingerprint density at radius 1 is 1.50 bits per heavy atom. The molecule has 0 amide bonds. The van der Waals surface area contributed by atoms with E-state index in [4.69, 9.17) is 5.73 Å². The molecule has 0 aromatic heterocycles. The van der Waals surface area contributed by atoms with Crippen LogP contribution >= 0.6 is 0 Å². The monoisotopic (exact) mass is 167 g/mol. The van der Waals surface area contributed by atoms with E-state index in [0.717, 1.165) is 12.0 Å². The van der Waals surface area contributed by atoms with Gasteiger partial charge in [0.25, 0.3) is 0 Å². The fourth-order valence-corrected chi connectivity index (χ4v) is 0.913. The predicted octanol–water partition coefficient (Wildman–Crippen LogP) is 3.23. The van der Waals surface area contributed by atoms with Crippen molar-refractivity contribution in [1.82, 2.24) is 0 Å². The maximum absolute atomic E-state index is 5.42. The molecule has 0 aromatic carbocycles. The quantitative estimate of drug-likeness (QED) is 0.625. The molecule has 1 nitrogen and oxygen atoms in total. The lowest BCUT2D eigenvalue weighted by Gasteiger charge is -2.22. The SMILES string of the molecule is C=C/C(=C\N)CCC(C)(C)CC. The van der Waals surface area contributed by atoms with Crippen LogP contribution in [0.5, 0.6) is 0 Å². The second kappa shape index (κ2) is 5.02. The van der Waals surface area contributed by atoms with Crippen LogP contribution in [-0.4, -0.2) is 0 Å². The van der Waals surface area contributed by atoms with Crippen LogP contribution in [0.4, 0.5) is 0 Å². The Labute approximate surface area is 76.3 Å². The van der Waals surface area contributed by atoms with Crippen molar-refractivity contribution >= 4 is 0 Å². The van der Waals surface area contributed by atoms with Gasteiger partial charge >= 0.3 is 0 Å². The van der Waals surface area contributed by atoms with Gasteiger partial charge in [0.05, 0.1) is 0 Å². The molecule has 0 radical (unpaired) electrons. The van der Waals surface area contributed by atoms with Gasteiger partial charge in [-0.1, -0.05) is 39.8 Å². The van der Waals surface area contributed by atoms with Crippen LogP contribution in [0.25, 0.3) is 0 Å². The van der Waals surface area contributed by atoms with Crippen LogP contribution in [0.15, 0.2) is 24.4 Å². The molecule has 0 aliphatic rings. The summed E-state index contributed by atoms with van der Waals surface area (Å²) in [6.45, 7) is 10.5. The summed E-state index contributed by atoms with van der Waals surface area (Å²) in [6.07, 6.45) is 6.92. The van der Waals surface area contributed by atoms with Crippen LogP contribution in [0.1, 0.15) is 40.0 Å². The molecule has 0 heterocycles. The van der Waals surface area contributed by atoms with E-state index < -0.39 is 0 Å². The summed E-state index contributed by atoms with van der Waals surface area (Å²) < 4.78 is 0. The molecule has 0 unspecified atom stereocenters. The molecule has 2 N–H and O–H groups in total. The van der Waals surface area contributed by atoms with Gasteiger partial charge in [-0.2, -0.15) is 0 Å². The molecular weight excluding hydrogens is 146 g/mol. The van der Waals surface area contributed by atoms with E-state index in [-0.39, 0.29) is 0 Å². The lowest BCUT2D eigenvalue weighted by atomic mass is 9.84. The standard InChI is InChI=1S/C11H21N/c1-5-10(9-12)7-8-11(3,4)6-2/h5,9H,1,6-8,12H2,2-4H3/b10-9+. The lowest BCUT2D eigenvalue weighted by molar-refractivity contribution is 0.323. The number of nitrogens with two attached hydrogens (primary N) is 1. The maximum Gasteiger partial charge on any atom is -0.00299 e. The molecule has 12 heavy (non-hydrogen) atoms. The molecular formula is C11H21N. The summed E-state index contributed by atoms with van der Waals surface area (Å²) in [7, 11) is 0. The average molecular weight is 167 g/mol. The second-order valence-corrected chi connectivity index (χ2v) is 3.96. The molecule has 0 fully saturated rings. The fraction of sp³-hybridized carbons (Fsp3) is 0.636. The molecule has 0 aromatic rings. The minimum atomic E-state index is 0.428. The van der Waals surface area contributed by atoms with E-state index in [1.165, 1.54) is 12.8 Å². The number of allylic oxidation sites excluding steroid dienone is 2. The Kier molecular flexibility index (Phi) is 4.72. The van der Waals surface area contributed by atoms with E-state index in [1.54, 1.807) is 6.20 Å². The van der Waals surface area contributed by atoms with Gasteiger partial charge in [0.2, 0.25) is 0 Å². The summed E-state index contributed by atoms with van der Waals surface area (Å²) in [4.78, 5) is 0. The first-order chi connectivity index (χ1) is 5.55. The zero-order valence-corrected chi connectivity index (χ0v) is 8.56. The zero-order chi connectivity index (χ0) is 9.61. The Morgan fingerprint density at radius 2 is 2.08 bits per heavy atom. The van der Waals surface area contributed by atoms with Crippen molar-refractivity contribution in [2.45, 2.75) is 40.0 Å². The first kappa shape index (κ1) is 11.3. The van der Waals surface area contributed by atoms with E-state index in [9.17, 15) is 0 Å². The number of rotatable bonds is 5. The molecule has 0 saturated heterocycles. The topological polar surface area (TPSA) is 26.0 Å². The van der Waals surface area contributed by atoms with E-state index in [1.807, 2.05) is 6.08 Å². The van der Waals surface area contributed by atoms with E-state index in [0.29, 0.717) is 5.41 Å². The molecule has 0 rings (SSSR count). The third-order valence-corrected chi connectivity index (χ3v) is 2.52. The van der Waals surface area contributed by atoms with Gasteiger partial charge in [-0.25, -0.2) is 0 Å². The number of hydrogen-bond donors (Lipinski definition) is 1. The van der Waals surface area contributed by atoms with Crippen LogP contribution in [0.3, 0.4) is 0 Å². The van der Waals surface area contributed by atoms with E-state index in [2.05, 4.69) is 27.4 Å². The smallest absolute Gasteiger partial charge is 0.00299 e. The second-order valence-electron chi connectivity index (χ2n) is 3.96. The van der Waals surface area contributed by atoms with Crippen LogP contribution in [-0.2, 0) is 0 Å². The Bertz CT molecular complexity index is 166. The molecule has 0 aliphatic heterocycles. The van der Waals surface area contributed by atoms with Gasteiger partial charge in [0, 0.05) is 0 Å². The van der Waals surface area contributed by atoms with Crippen molar-refractivity contribution in [2.24, 2.45) is 11.1 Å². The first-order valence-corrected chi connectivity index (χ1v) is 4.59. The summed E-state index contributed by atoms with van der Waals surface area (Å²) in [5.41, 5.74) is 7.00. The van der Waals surface area contributed by atoms with Gasteiger partial charge in [-0.05, 0) is 30.0 Å². The van der Waals surface area contributed by atoms with Crippen LogP contribution < -0.4 is 5.73 Å². The largest absolute Gasteiger partial charge is 0.404 e. The third-order valence-electron chi connectivity index (χ3n) is 2.52. The highest BCUT2D eigenvalue weighted by Gasteiger charge is 2.14. The molecule has 0 saturated carbocycles. The van der Waals surface area contributed by atoms with Gasteiger partial charge in [-0.15, -0.1) is 0 Å². The first-order valence-electron chi connectivity index (χ1n) is 4.59. The van der Waals surface area contributed by atoms with Crippen molar-refractivity contribution in [3.05, 3.63) is 24.4 Å². The molecule has 0 spiro atoms. The third kappa shape index (κ3) is 4.22. The van der Waals surface area contributed by atoms with Gasteiger partial charge in [0.15, 0.2) is 0 Å². The van der Waals surface area contributed by atoms with Gasteiger partial charge < -0.3 is 5.73 Å². The maximum atomic E-state index is 5.42.